The molecule has 1 aliphatic carbocycles. The van der Waals surface area contributed by atoms with Crippen LogP contribution in [0.15, 0.2) is 17.0 Å². The van der Waals surface area contributed by atoms with Crippen molar-refractivity contribution in [2.75, 3.05) is 0 Å². The fourth-order valence-corrected chi connectivity index (χ4v) is 2.66. The van der Waals surface area contributed by atoms with Crippen LogP contribution in [0, 0.1) is 6.92 Å². The molecule has 76 valence electrons. The second-order valence-corrected chi connectivity index (χ2v) is 5.13. The highest BCUT2D eigenvalue weighted by molar-refractivity contribution is 7.85. The zero-order valence-electron chi connectivity index (χ0n) is 7.95. The van der Waals surface area contributed by atoms with E-state index in [1.165, 1.54) is 5.56 Å². The second kappa shape index (κ2) is 3.07. The third kappa shape index (κ3) is 1.55. The third-order valence-corrected chi connectivity index (χ3v) is 3.54. The van der Waals surface area contributed by atoms with E-state index in [1.807, 2.05) is 6.92 Å². The maximum Gasteiger partial charge on any atom is 0.294 e. The molecule has 0 radical (unpaired) electrons. The highest BCUT2D eigenvalue weighted by Crippen LogP contribution is 2.27. The van der Waals surface area contributed by atoms with Crippen molar-refractivity contribution in [1.82, 2.24) is 0 Å². The van der Waals surface area contributed by atoms with Gasteiger partial charge in [0.05, 0.1) is 4.90 Å². The summed E-state index contributed by atoms with van der Waals surface area (Å²) >= 11 is 0. The van der Waals surface area contributed by atoms with Gasteiger partial charge < -0.3 is 0 Å². The van der Waals surface area contributed by atoms with Gasteiger partial charge in [0.2, 0.25) is 0 Å². The van der Waals surface area contributed by atoms with Gasteiger partial charge in [0.1, 0.15) is 0 Å². The van der Waals surface area contributed by atoms with Crippen LogP contribution in [-0.2, 0) is 23.0 Å². The van der Waals surface area contributed by atoms with Crippen molar-refractivity contribution < 1.29 is 13.0 Å². The Kier molecular flexibility index (Phi) is 2.12. The van der Waals surface area contributed by atoms with Gasteiger partial charge >= 0.3 is 0 Å². The van der Waals surface area contributed by atoms with Gasteiger partial charge in [-0.15, -0.1) is 0 Å². The lowest BCUT2D eigenvalue weighted by Crippen LogP contribution is -2.00. The average Bonchev–Trinajstić information content (AvgIpc) is 2.50. The minimum absolute atomic E-state index is 0.0238. The summed E-state index contributed by atoms with van der Waals surface area (Å²) < 4.78 is 30.8. The quantitative estimate of drug-likeness (QED) is 0.721. The van der Waals surface area contributed by atoms with Gasteiger partial charge in [0.15, 0.2) is 0 Å². The van der Waals surface area contributed by atoms with E-state index in [9.17, 15) is 8.42 Å². The Morgan fingerprint density at radius 2 is 2.00 bits per heavy atom. The molecular formula is C10H12O3S. The third-order valence-electron chi connectivity index (χ3n) is 2.71. The van der Waals surface area contributed by atoms with Crippen LogP contribution in [0.3, 0.4) is 0 Å². The normalized spacial score (nSPS) is 15.6. The Balaban J connectivity index is 2.64. The molecule has 1 aromatic rings. The Bertz CT molecular complexity index is 474. The van der Waals surface area contributed by atoms with Gasteiger partial charge in [-0.3, -0.25) is 4.55 Å². The number of hydrogen-bond donors (Lipinski definition) is 1. The predicted octanol–water partition coefficient (Wildman–Crippen LogP) is 1.73. The lowest BCUT2D eigenvalue weighted by molar-refractivity contribution is 0.483. The summed E-state index contributed by atoms with van der Waals surface area (Å²) in [5.41, 5.74) is 3.28. The summed E-state index contributed by atoms with van der Waals surface area (Å²) in [5.74, 6) is 0. The van der Waals surface area contributed by atoms with Gasteiger partial charge in [-0.05, 0) is 55.0 Å². The second-order valence-electron chi connectivity index (χ2n) is 3.71. The van der Waals surface area contributed by atoms with Crippen LogP contribution in [0.5, 0.6) is 0 Å². The molecule has 0 fully saturated rings. The van der Waals surface area contributed by atoms with Crippen molar-refractivity contribution >= 4 is 10.1 Å². The van der Waals surface area contributed by atoms with E-state index in [0.717, 1.165) is 30.4 Å². The smallest absolute Gasteiger partial charge is 0.282 e. The van der Waals surface area contributed by atoms with Crippen LogP contribution >= 0.6 is 0 Å². The summed E-state index contributed by atoms with van der Waals surface area (Å²) in [6, 6.07) is 3.13. The van der Waals surface area contributed by atoms with Crippen LogP contribution in [0.2, 0.25) is 0 Å². The Morgan fingerprint density at radius 3 is 2.64 bits per heavy atom. The number of hydrogen-bond acceptors (Lipinski definition) is 2. The minimum atomic E-state index is -4.05. The van der Waals surface area contributed by atoms with Crippen LogP contribution in [0.1, 0.15) is 23.1 Å². The molecular weight excluding hydrogens is 200 g/mol. The van der Waals surface area contributed by atoms with Crippen molar-refractivity contribution in [3.63, 3.8) is 0 Å². The molecule has 1 aromatic carbocycles. The molecule has 0 atom stereocenters. The molecule has 1 aliphatic rings. The van der Waals surface area contributed by atoms with Gasteiger partial charge in [0.25, 0.3) is 10.1 Å². The molecule has 2 rings (SSSR count). The maximum atomic E-state index is 10.9. The predicted molar refractivity (Wildman–Crippen MR) is 53.0 cm³/mol. The van der Waals surface area contributed by atoms with Crippen molar-refractivity contribution in [2.24, 2.45) is 0 Å². The van der Waals surface area contributed by atoms with E-state index < -0.39 is 10.1 Å². The van der Waals surface area contributed by atoms with Crippen molar-refractivity contribution in [2.45, 2.75) is 31.1 Å². The first-order valence-electron chi connectivity index (χ1n) is 4.58. The fraction of sp³-hybridized carbons (Fsp3) is 0.400. The lowest BCUT2D eigenvalue weighted by atomic mass is 10.1. The summed E-state index contributed by atoms with van der Waals surface area (Å²) in [6.45, 7) is 1.89. The van der Waals surface area contributed by atoms with Crippen molar-refractivity contribution in [3.05, 3.63) is 28.8 Å². The molecule has 0 aliphatic heterocycles. The van der Waals surface area contributed by atoms with Crippen molar-refractivity contribution in [3.8, 4) is 0 Å². The molecule has 4 heteroatoms. The zero-order chi connectivity index (χ0) is 10.3. The molecule has 0 unspecified atom stereocenters. The van der Waals surface area contributed by atoms with E-state index in [0.29, 0.717) is 0 Å². The molecule has 3 nitrogen and oxygen atoms in total. The van der Waals surface area contributed by atoms with E-state index in [1.54, 1.807) is 12.1 Å². The number of fused-ring (bicyclic) bond motifs is 1. The van der Waals surface area contributed by atoms with Crippen LogP contribution in [0.4, 0.5) is 0 Å². The Morgan fingerprint density at radius 1 is 1.29 bits per heavy atom. The summed E-state index contributed by atoms with van der Waals surface area (Å²) in [7, 11) is -4.05. The molecule has 0 aromatic heterocycles. The van der Waals surface area contributed by atoms with Crippen LogP contribution < -0.4 is 0 Å². The van der Waals surface area contributed by atoms with E-state index in [-0.39, 0.29) is 4.90 Å². The first-order chi connectivity index (χ1) is 6.48. The summed E-state index contributed by atoms with van der Waals surface area (Å²) in [4.78, 5) is 0.0238. The molecule has 0 heterocycles. The first-order valence-corrected chi connectivity index (χ1v) is 6.02. The molecule has 0 saturated heterocycles. The number of benzene rings is 1. The Hall–Kier alpha value is -0.870. The van der Waals surface area contributed by atoms with Crippen LogP contribution in [-0.4, -0.2) is 13.0 Å². The summed E-state index contributed by atoms with van der Waals surface area (Å²) in [5, 5.41) is 0. The lowest BCUT2D eigenvalue weighted by Gasteiger charge is -2.06. The molecule has 1 N–H and O–H groups in total. The molecule has 0 amide bonds. The highest BCUT2D eigenvalue weighted by Gasteiger charge is 2.18. The van der Waals surface area contributed by atoms with Gasteiger partial charge in [-0.25, -0.2) is 0 Å². The highest BCUT2D eigenvalue weighted by atomic mass is 32.2. The molecule has 0 spiro atoms. The van der Waals surface area contributed by atoms with Gasteiger partial charge in [-0.2, -0.15) is 8.42 Å². The van der Waals surface area contributed by atoms with Gasteiger partial charge in [0, 0.05) is 0 Å². The zero-order valence-corrected chi connectivity index (χ0v) is 8.76. The molecule has 0 bridgehead atoms. The topological polar surface area (TPSA) is 54.4 Å². The average molecular weight is 212 g/mol. The number of rotatable bonds is 1. The standard InChI is InChI=1S/C10H12O3S/c1-7-5-9(14(11,12)13)6-8-3-2-4-10(7)8/h5-6H,2-4H2,1H3,(H,11,12,13). The maximum absolute atomic E-state index is 10.9. The SMILES string of the molecule is Cc1cc(S(=O)(=O)O)cc2c1CCC2. The van der Waals surface area contributed by atoms with Crippen LogP contribution in [0.25, 0.3) is 0 Å². The molecule has 0 saturated carbocycles. The molecule has 14 heavy (non-hydrogen) atoms. The van der Waals surface area contributed by atoms with E-state index in [2.05, 4.69) is 0 Å². The first kappa shape index (κ1) is 9.68. The van der Waals surface area contributed by atoms with Crippen molar-refractivity contribution in [1.29, 1.82) is 0 Å². The minimum Gasteiger partial charge on any atom is -0.282 e. The van der Waals surface area contributed by atoms with E-state index >= 15 is 0 Å². The fourth-order valence-electron chi connectivity index (χ4n) is 2.04. The summed E-state index contributed by atoms with van der Waals surface area (Å²) in [6.07, 6.45) is 3.01. The van der Waals surface area contributed by atoms with Gasteiger partial charge in [-0.1, -0.05) is 0 Å². The van der Waals surface area contributed by atoms with E-state index in [4.69, 9.17) is 4.55 Å². The Labute approximate surface area is 83.5 Å². The monoisotopic (exact) mass is 212 g/mol. The number of aryl methyl sites for hydroxylation is 2. The largest absolute Gasteiger partial charge is 0.294 e.